The van der Waals surface area contributed by atoms with Crippen molar-refractivity contribution in [1.82, 2.24) is 29.4 Å². The molecule has 3 aromatic heterocycles. The lowest BCUT2D eigenvalue weighted by Gasteiger charge is -2.05. The molecule has 0 aliphatic heterocycles. The van der Waals surface area contributed by atoms with Crippen LogP contribution < -0.4 is 0 Å². The summed E-state index contributed by atoms with van der Waals surface area (Å²) in [5, 5.41) is 9.93. The average molecular weight is 271 g/mol. The van der Waals surface area contributed by atoms with Crippen LogP contribution in [0.4, 0.5) is 0 Å². The second-order valence-electron chi connectivity index (χ2n) is 4.02. The Balaban J connectivity index is 2.11. The lowest BCUT2D eigenvalue weighted by Crippen LogP contribution is -2.06. The zero-order chi connectivity index (χ0) is 12.8. The molecule has 0 amide bonds. The Hall–Kier alpha value is -2.47. The molecule has 0 spiro atoms. The molecule has 0 radical (unpaired) electrons. The molecule has 1 aromatic carbocycles. The maximum Gasteiger partial charge on any atom is 0.255 e. The fraction of sp³-hybridized carbons (Fsp3) is 0. The normalized spacial score (nSPS) is 11.4. The van der Waals surface area contributed by atoms with Crippen molar-refractivity contribution in [3.05, 3.63) is 48.0 Å². The number of halogens is 1. The molecule has 19 heavy (non-hydrogen) atoms. The minimum Gasteiger partial charge on any atom is -0.214 e. The van der Waals surface area contributed by atoms with Gasteiger partial charge < -0.3 is 0 Å². The summed E-state index contributed by atoms with van der Waals surface area (Å²) in [5.74, 6) is 1.15. The summed E-state index contributed by atoms with van der Waals surface area (Å²) in [4.78, 5) is 8.15. The number of nitrogens with zero attached hydrogens (tertiary/aromatic N) is 6. The van der Waals surface area contributed by atoms with E-state index in [1.807, 2.05) is 24.3 Å². The maximum absolute atomic E-state index is 6.02. The molecule has 4 aromatic rings. The van der Waals surface area contributed by atoms with E-state index in [1.54, 1.807) is 21.5 Å². The number of benzene rings is 1. The predicted octanol–water partition coefficient (Wildman–Crippen LogP) is 2.12. The van der Waals surface area contributed by atoms with E-state index < -0.39 is 0 Å². The second kappa shape index (κ2) is 3.76. The van der Waals surface area contributed by atoms with Gasteiger partial charge in [0.15, 0.2) is 5.82 Å². The van der Waals surface area contributed by atoms with Crippen LogP contribution in [0.15, 0.2) is 42.9 Å². The van der Waals surface area contributed by atoms with Crippen molar-refractivity contribution in [2.75, 3.05) is 0 Å². The lowest BCUT2D eigenvalue weighted by molar-refractivity contribution is 0.799. The third kappa shape index (κ3) is 1.50. The van der Waals surface area contributed by atoms with Crippen LogP contribution in [0.5, 0.6) is 0 Å². The fourth-order valence-corrected chi connectivity index (χ4v) is 2.25. The zero-order valence-electron chi connectivity index (χ0n) is 9.60. The molecule has 0 aliphatic carbocycles. The van der Waals surface area contributed by atoms with Crippen molar-refractivity contribution in [2.45, 2.75) is 0 Å². The van der Waals surface area contributed by atoms with Crippen molar-refractivity contribution in [3.8, 4) is 5.82 Å². The van der Waals surface area contributed by atoms with E-state index in [2.05, 4.69) is 20.2 Å². The Morgan fingerprint density at radius 3 is 2.95 bits per heavy atom. The molecule has 0 saturated heterocycles. The molecule has 7 heteroatoms. The van der Waals surface area contributed by atoms with E-state index in [-0.39, 0.29) is 0 Å². The van der Waals surface area contributed by atoms with Gasteiger partial charge in [0.05, 0.1) is 11.7 Å². The average Bonchev–Trinajstić information content (AvgIpc) is 3.03. The molecule has 0 atom stereocenters. The van der Waals surface area contributed by atoms with Gasteiger partial charge >= 0.3 is 0 Å². The molecule has 0 saturated carbocycles. The summed E-state index contributed by atoms with van der Waals surface area (Å²) in [6.07, 6.45) is 3.24. The molecule has 0 aliphatic rings. The van der Waals surface area contributed by atoms with Crippen LogP contribution in [0, 0.1) is 0 Å². The Labute approximate surface area is 112 Å². The van der Waals surface area contributed by atoms with Gasteiger partial charge in [0, 0.05) is 11.5 Å². The standard InChI is InChI=1S/C12H7ClN6/c13-10-5-11(19-12(17-10)14-7-16-19)18-9-4-2-1-3-8(9)6-15-18/h1-7H. The molecule has 3 heterocycles. The fourth-order valence-electron chi connectivity index (χ4n) is 2.07. The van der Waals surface area contributed by atoms with Gasteiger partial charge in [-0.25, -0.2) is 4.68 Å². The van der Waals surface area contributed by atoms with E-state index in [4.69, 9.17) is 11.6 Å². The van der Waals surface area contributed by atoms with Crippen molar-refractivity contribution in [2.24, 2.45) is 0 Å². The zero-order valence-corrected chi connectivity index (χ0v) is 10.4. The monoisotopic (exact) mass is 270 g/mol. The molecule has 6 nitrogen and oxygen atoms in total. The molecule has 0 unspecified atom stereocenters. The summed E-state index contributed by atoms with van der Waals surface area (Å²) in [6, 6.07) is 9.63. The van der Waals surface area contributed by atoms with Crippen LogP contribution >= 0.6 is 11.6 Å². The number of fused-ring (bicyclic) bond motifs is 2. The first-order valence-corrected chi connectivity index (χ1v) is 6.00. The van der Waals surface area contributed by atoms with Crippen LogP contribution in [0.1, 0.15) is 0 Å². The number of para-hydroxylation sites is 1. The Morgan fingerprint density at radius 1 is 1.11 bits per heavy atom. The quantitative estimate of drug-likeness (QED) is 0.497. The minimum absolute atomic E-state index is 0.357. The molecule has 92 valence electrons. The summed E-state index contributed by atoms with van der Waals surface area (Å²) < 4.78 is 3.37. The summed E-state index contributed by atoms with van der Waals surface area (Å²) in [5.41, 5.74) is 0.974. The largest absolute Gasteiger partial charge is 0.255 e. The van der Waals surface area contributed by atoms with E-state index in [1.165, 1.54) is 6.33 Å². The molecule has 0 fully saturated rings. The smallest absolute Gasteiger partial charge is 0.214 e. The Kier molecular flexibility index (Phi) is 2.07. The summed E-state index contributed by atoms with van der Waals surface area (Å²) >= 11 is 6.02. The summed E-state index contributed by atoms with van der Waals surface area (Å²) in [6.45, 7) is 0. The highest BCUT2D eigenvalue weighted by molar-refractivity contribution is 6.29. The van der Waals surface area contributed by atoms with Crippen molar-refractivity contribution >= 4 is 28.3 Å². The first-order chi connectivity index (χ1) is 9.33. The summed E-state index contributed by atoms with van der Waals surface area (Å²) in [7, 11) is 0. The van der Waals surface area contributed by atoms with Gasteiger partial charge in [0.25, 0.3) is 5.78 Å². The third-order valence-electron chi connectivity index (χ3n) is 2.90. The highest BCUT2D eigenvalue weighted by Gasteiger charge is 2.11. The van der Waals surface area contributed by atoms with E-state index >= 15 is 0 Å². The predicted molar refractivity (Wildman–Crippen MR) is 70.4 cm³/mol. The van der Waals surface area contributed by atoms with Gasteiger partial charge in [-0.3, -0.25) is 0 Å². The van der Waals surface area contributed by atoms with Crippen molar-refractivity contribution in [1.29, 1.82) is 0 Å². The van der Waals surface area contributed by atoms with Gasteiger partial charge in [0.2, 0.25) is 0 Å². The van der Waals surface area contributed by atoms with Gasteiger partial charge in [-0.05, 0) is 6.07 Å². The van der Waals surface area contributed by atoms with Crippen LogP contribution in [0.2, 0.25) is 5.15 Å². The number of hydrogen-bond acceptors (Lipinski definition) is 4. The Morgan fingerprint density at radius 2 is 2.00 bits per heavy atom. The van der Waals surface area contributed by atoms with Gasteiger partial charge in [-0.2, -0.15) is 24.7 Å². The number of rotatable bonds is 1. The van der Waals surface area contributed by atoms with Gasteiger partial charge in [-0.15, -0.1) is 0 Å². The number of hydrogen-bond donors (Lipinski definition) is 0. The van der Waals surface area contributed by atoms with Crippen LogP contribution in [0.25, 0.3) is 22.5 Å². The minimum atomic E-state index is 0.357. The second-order valence-corrected chi connectivity index (χ2v) is 4.41. The van der Waals surface area contributed by atoms with Gasteiger partial charge in [-0.1, -0.05) is 29.8 Å². The first-order valence-electron chi connectivity index (χ1n) is 5.62. The van der Waals surface area contributed by atoms with Crippen molar-refractivity contribution in [3.63, 3.8) is 0 Å². The van der Waals surface area contributed by atoms with Crippen LogP contribution in [-0.4, -0.2) is 29.4 Å². The lowest BCUT2D eigenvalue weighted by atomic mass is 10.2. The van der Waals surface area contributed by atoms with Crippen LogP contribution in [0.3, 0.4) is 0 Å². The highest BCUT2D eigenvalue weighted by Crippen LogP contribution is 2.19. The van der Waals surface area contributed by atoms with E-state index in [9.17, 15) is 0 Å². The first kappa shape index (κ1) is 10.5. The van der Waals surface area contributed by atoms with E-state index in [0.29, 0.717) is 16.7 Å². The molecule has 0 N–H and O–H groups in total. The van der Waals surface area contributed by atoms with E-state index in [0.717, 1.165) is 10.9 Å². The molecule has 0 bridgehead atoms. The SMILES string of the molecule is Clc1cc(-n2ncc3ccccc32)n2ncnc2n1. The topological polar surface area (TPSA) is 60.9 Å². The van der Waals surface area contributed by atoms with Crippen LogP contribution in [-0.2, 0) is 0 Å². The highest BCUT2D eigenvalue weighted by atomic mass is 35.5. The Bertz CT molecular complexity index is 893. The molecular weight excluding hydrogens is 264 g/mol. The maximum atomic E-state index is 6.02. The molecule has 4 rings (SSSR count). The van der Waals surface area contributed by atoms with Crippen molar-refractivity contribution < 1.29 is 0 Å². The number of aromatic nitrogens is 6. The third-order valence-corrected chi connectivity index (χ3v) is 3.09. The molecular formula is C12H7ClN6. The van der Waals surface area contributed by atoms with Gasteiger partial charge in [0.1, 0.15) is 11.5 Å².